The monoisotopic (exact) mass is 139 g/mol. The van der Waals surface area contributed by atoms with Crippen molar-refractivity contribution >= 4 is 0 Å². The summed E-state index contributed by atoms with van der Waals surface area (Å²) < 4.78 is 0. The molecule has 0 aromatic carbocycles. The van der Waals surface area contributed by atoms with Gasteiger partial charge in [-0.05, 0) is 6.92 Å². The van der Waals surface area contributed by atoms with Crippen LogP contribution in [0.5, 0.6) is 0 Å². The van der Waals surface area contributed by atoms with Crippen molar-refractivity contribution in [3.63, 3.8) is 0 Å². The van der Waals surface area contributed by atoms with Crippen molar-refractivity contribution in [2.75, 3.05) is 0 Å². The molecule has 0 aliphatic carbocycles. The molecule has 0 aliphatic heterocycles. The maximum absolute atomic E-state index is 5.35. The van der Waals surface area contributed by atoms with Gasteiger partial charge >= 0.3 is 0 Å². The lowest BCUT2D eigenvalue weighted by Gasteiger charge is -1.96. The highest BCUT2D eigenvalue weighted by Gasteiger charge is 1.93. The van der Waals surface area contributed by atoms with E-state index in [2.05, 4.69) is 9.97 Å². The van der Waals surface area contributed by atoms with Gasteiger partial charge in [0.25, 0.3) is 0 Å². The molecule has 0 spiro atoms. The Bertz CT molecular complexity index is 198. The van der Waals surface area contributed by atoms with Crippen molar-refractivity contribution in [1.29, 1.82) is 0 Å². The predicted octanol–water partition coefficient (Wildman–Crippen LogP) is 0.880. The summed E-state index contributed by atoms with van der Waals surface area (Å²) in [5, 5.41) is 0. The van der Waals surface area contributed by atoms with E-state index < -0.39 is 0 Å². The number of aromatic nitrogens is 2. The third-order valence-electron chi connectivity index (χ3n) is 1.18. The summed E-state index contributed by atoms with van der Waals surface area (Å²) in [6, 6.07) is 0. The molecule has 0 saturated carbocycles. The Hall–Kier alpha value is -0.960. The van der Waals surface area contributed by atoms with Crippen molar-refractivity contribution in [1.82, 2.24) is 9.97 Å². The van der Waals surface area contributed by atoms with E-state index in [4.69, 9.17) is 5.73 Å². The van der Waals surface area contributed by atoms with Crippen LogP contribution in [0.25, 0.3) is 0 Å². The molecule has 0 bridgehead atoms. The van der Waals surface area contributed by atoms with E-state index in [9.17, 15) is 0 Å². The number of aryl methyl sites for hydroxylation is 1. The number of nitrogens with two attached hydrogens (primary N) is 1. The summed E-state index contributed by atoms with van der Waals surface area (Å²) in [6.45, 7) is 2.37. The highest BCUT2D eigenvalue weighted by atomic mass is 14.8. The van der Waals surface area contributed by atoms with Crippen LogP contribution >= 0.6 is 0 Å². The summed E-state index contributed by atoms with van der Waals surface area (Å²) in [7, 11) is 0. The Balaban J connectivity index is 0.000000810. The van der Waals surface area contributed by atoms with Gasteiger partial charge in [0.15, 0.2) is 0 Å². The molecule has 3 heteroatoms. The zero-order valence-electron chi connectivity index (χ0n) is 5.33. The van der Waals surface area contributed by atoms with E-state index >= 15 is 0 Å². The first kappa shape index (κ1) is 9.04. The molecule has 0 amide bonds. The second kappa shape index (κ2) is 3.95. The molecule has 0 atom stereocenters. The van der Waals surface area contributed by atoms with Crippen LogP contribution in [-0.2, 0) is 6.54 Å². The Morgan fingerprint density at radius 1 is 1.40 bits per heavy atom. The maximum Gasteiger partial charge on any atom is 0.0751 e. The zero-order valence-corrected chi connectivity index (χ0v) is 5.33. The van der Waals surface area contributed by atoms with Crippen molar-refractivity contribution in [2.45, 2.75) is 20.9 Å². The van der Waals surface area contributed by atoms with Gasteiger partial charge in [-0.15, -0.1) is 0 Å². The van der Waals surface area contributed by atoms with E-state index in [1.165, 1.54) is 0 Å². The molecule has 1 aromatic rings. The van der Waals surface area contributed by atoms with Crippen molar-refractivity contribution in [2.24, 2.45) is 5.73 Å². The second-order valence-electron chi connectivity index (χ2n) is 1.79. The SMILES string of the molecule is C.Cc1nccnc1CN. The molecule has 56 valence electrons. The molecule has 10 heavy (non-hydrogen) atoms. The summed E-state index contributed by atoms with van der Waals surface area (Å²) in [6.07, 6.45) is 3.31. The minimum Gasteiger partial charge on any atom is -0.325 e. The molecule has 0 saturated heterocycles. The van der Waals surface area contributed by atoms with Crippen molar-refractivity contribution in [3.05, 3.63) is 23.8 Å². The topological polar surface area (TPSA) is 51.8 Å². The molecule has 0 fully saturated rings. The van der Waals surface area contributed by atoms with Crippen LogP contribution < -0.4 is 5.73 Å². The van der Waals surface area contributed by atoms with Crippen LogP contribution in [0.15, 0.2) is 12.4 Å². The smallest absolute Gasteiger partial charge is 0.0751 e. The van der Waals surface area contributed by atoms with E-state index in [0.29, 0.717) is 6.54 Å². The molecule has 1 aromatic heterocycles. The van der Waals surface area contributed by atoms with Gasteiger partial charge in [-0.1, -0.05) is 7.43 Å². The minimum absolute atomic E-state index is 0. The molecule has 3 nitrogen and oxygen atoms in total. The van der Waals surface area contributed by atoms with Gasteiger partial charge in [0.05, 0.1) is 11.4 Å². The van der Waals surface area contributed by atoms with Crippen LogP contribution in [0.2, 0.25) is 0 Å². The fourth-order valence-corrected chi connectivity index (χ4v) is 0.637. The van der Waals surface area contributed by atoms with E-state index in [0.717, 1.165) is 11.4 Å². The Kier molecular flexibility index (Phi) is 3.57. The van der Waals surface area contributed by atoms with Gasteiger partial charge in [-0.25, -0.2) is 0 Å². The first-order valence-corrected chi connectivity index (χ1v) is 2.81. The summed E-state index contributed by atoms with van der Waals surface area (Å²) in [5.41, 5.74) is 7.14. The largest absolute Gasteiger partial charge is 0.325 e. The van der Waals surface area contributed by atoms with Crippen molar-refractivity contribution in [3.8, 4) is 0 Å². The van der Waals surface area contributed by atoms with Crippen LogP contribution in [0.4, 0.5) is 0 Å². The average molecular weight is 139 g/mol. The normalized spacial score (nSPS) is 8.60. The lowest BCUT2D eigenvalue weighted by Crippen LogP contribution is -2.02. The molecule has 0 radical (unpaired) electrons. The maximum atomic E-state index is 5.35. The standard InChI is InChI=1S/C6H9N3.CH4/c1-5-6(4-7)9-3-2-8-5;/h2-3H,4,7H2,1H3;1H4. The first-order valence-electron chi connectivity index (χ1n) is 2.81. The van der Waals surface area contributed by atoms with Crippen LogP contribution in [0.1, 0.15) is 18.8 Å². The molecular formula is C7H13N3. The summed E-state index contributed by atoms with van der Waals surface area (Å²) >= 11 is 0. The zero-order chi connectivity index (χ0) is 6.69. The van der Waals surface area contributed by atoms with Crippen molar-refractivity contribution < 1.29 is 0 Å². The van der Waals surface area contributed by atoms with E-state index in [1.807, 2.05) is 6.92 Å². The van der Waals surface area contributed by atoms with Gasteiger partial charge in [0.1, 0.15) is 0 Å². The number of hydrogen-bond donors (Lipinski definition) is 1. The lowest BCUT2D eigenvalue weighted by molar-refractivity contribution is 0.929. The lowest BCUT2D eigenvalue weighted by atomic mass is 10.3. The minimum atomic E-state index is 0. The van der Waals surface area contributed by atoms with Gasteiger partial charge in [0, 0.05) is 18.9 Å². The average Bonchev–Trinajstić information content (AvgIpc) is 1.89. The fourth-order valence-electron chi connectivity index (χ4n) is 0.637. The van der Waals surface area contributed by atoms with E-state index in [1.54, 1.807) is 12.4 Å². The number of hydrogen-bond acceptors (Lipinski definition) is 3. The predicted molar refractivity (Wildman–Crippen MR) is 41.4 cm³/mol. The fraction of sp³-hybridized carbons (Fsp3) is 0.429. The van der Waals surface area contributed by atoms with Crippen LogP contribution in [0, 0.1) is 6.92 Å². The molecule has 0 aliphatic rings. The third kappa shape index (κ3) is 1.77. The number of rotatable bonds is 1. The summed E-state index contributed by atoms with van der Waals surface area (Å²) in [5.74, 6) is 0. The Labute approximate surface area is 61.3 Å². The van der Waals surface area contributed by atoms with Gasteiger partial charge in [-0.3, -0.25) is 9.97 Å². The second-order valence-corrected chi connectivity index (χ2v) is 1.79. The third-order valence-corrected chi connectivity index (χ3v) is 1.18. The van der Waals surface area contributed by atoms with Gasteiger partial charge in [-0.2, -0.15) is 0 Å². The van der Waals surface area contributed by atoms with Crippen LogP contribution in [0.3, 0.4) is 0 Å². The highest BCUT2D eigenvalue weighted by molar-refractivity contribution is 5.06. The Morgan fingerprint density at radius 2 is 2.00 bits per heavy atom. The van der Waals surface area contributed by atoms with E-state index in [-0.39, 0.29) is 7.43 Å². The quantitative estimate of drug-likeness (QED) is 0.628. The highest BCUT2D eigenvalue weighted by Crippen LogP contribution is 1.95. The number of nitrogens with zero attached hydrogens (tertiary/aromatic N) is 2. The molecule has 1 heterocycles. The molecule has 0 unspecified atom stereocenters. The summed E-state index contributed by atoms with van der Waals surface area (Å²) in [4.78, 5) is 8.02. The molecule has 2 N–H and O–H groups in total. The van der Waals surface area contributed by atoms with Gasteiger partial charge < -0.3 is 5.73 Å². The molecular weight excluding hydrogens is 126 g/mol. The Morgan fingerprint density at radius 3 is 2.40 bits per heavy atom. The molecule has 1 rings (SSSR count). The van der Waals surface area contributed by atoms with Crippen LogP contribution in [-0.4, -0.2) is 9.97 Å². The first-order chi connectivity index (χ1) is 4.34. The van der Waals surface area contributed by atoms with Gasteiger partial charge in [0.2, 0.25) is 0 Å².